The van der Waals surface area contributed by atoms with Gasteiger partial charge in [0.2, 0.25) is 10.0 Å². The van der Waals surface area contributed by atoms with Crippen molar-refractivity contribution in [2.75, 3.05) is 0 Å². The molecule has 0 bridgehead atoms. The number of nitrogens with zero attached hydrogens (tertiary/aromatic N) is 2. The Hall–Kier alpha value is -2.38. The number of aromatic nitrogens is 2. The summed E-state index contributed by atoms with van der Waals surface area (Å²) in [6, 6.07) is 12.3. The van der Waals surface area contributed by atoms with Crippen molar-refractivity contribution >= 4 is 21.1 Å². The molecule has 2 aromatic carbocycles. The fourth-order valence-electron chi connectivity index (χ4n) is 2.72. The molecule has 0 unspecified atom stereocenters. The second-order valence-electron chi connectivity index (χ2n) is 5.80. The summed E-state index contributed by atoms with van der Waals surface area (Å²) in [7, 11) is -0.373. The summed E-state index contributed by atoms with van der Waals surface area (Å²) >= 11 is 0. The molecule has 0 atom stereocenters. The molecule has 7 heteroatoms. The molecule has 0 fully saturated rings. The van der Waals surface area contributed by atoms with E-state index in [4.69, 9.17) is 0 Å². The smallest absolute Gasteiger partial charge is 0.295 e. The van der Waals surface area contributed by atoms with Crippen LogP contribution in [-0.4, -0.2) is 17.6 Å². The summed E-state index contributed by atoms with van der Waals surface area (Å²) in [5, 5.41) is 0. The summed E-state index contributed by atoms with van der Waals surface area (Å²) in [6.07, 6.45) is 0. The van der Waals surface area contributed by atoms with Gasteiger partial charge >= 0.3 is 5.69 Å². The van der Waals surface area contributed by atoms with E-state index in [1.165, 1.54) is 21.3 Å². The number of sulfonamides is 1. The maximum atomic E-state index is 12.6. The van der Waals surface area contributed by atoms with Crippen LogP contribution in [0.4, 0.5) is 0 Å². The summed E-state index contributed by atoms with van der Waals surface area (Å²) in [5.41, 5.74) is 3.05. The zero-order valence-electron chi connectivity index (χ0n) is 13.8. The molecule has 126 valence electrons. The highest BCUT2D eigenvalue weighted by atomic mass is 32.2. The van der Waals surface area contributed by atoms with Gasteiger partial charge in [-0.05, 0) is 36.2 Å². The van der Waals surface area contributed by atoms with Crippen molar-refractivity contribution in [2.45, 2.75) is 18.4 Å². The number of aryl methyl sites for hydroxylation is 3. The Bertz CT molecular complexity index is 1080. The van der Waals surface area contributed by atoms with E-state index >= 15 is 0 Å². The van der Waals surface area contributed by atoms with E-state index in [1.54, 1.807) is 20.2 Å². The number of hydrogen-bond donors (Lipinski definition) is 1. The van der Waals surface area contributed by atoms with E-state index in [9.17, 15) is 13.2 Å². The molecule has 3 aromatic rings. The Morgan fingerprint density at radius 2 is 1.67 bits per heavy atom. The zero-order valence-corrected chi connectivity index (χ0v) is 14.6. The van der Waals surface area contributed by atoms with Crippen LogP contribution in [0.2, 0.25) is 0 Å². The van der Waals surface area contributed by atoms with Crippen molar-refractivity contribution in [3.8, 4) is 0 Å². The second-order valence-corrected chi connectivity index (χ2v) is 7.57. The Labute approximate surface area is 140 Å². The number of rotatable bonds is 4. The Balaban J connectivity index is 1.95. The van der Waals surface area contributed by atoms with Crippen LogP contribution in [0, 0.1) is 6.92 Å². The lowest BCUT2D eigenvalue weighted by Gasteiger charge is -2.09. The number of fused-ring (bicyclic) bond motifs is 1. The first-order chi connectivity index (χ1) is 11.3. The molecule has 0 radical (unpaired) electrons. The molecule has 6 nitrogen and oxygen atoms in total. The fraction of sp³-hybridized carbons (Fsp3) is 0.235. The van der Waals surface area contributed by atoms with Crippen molar-refractivity contribution in [3.05, 3.63) is 64.1 Å². The lowest BCUT2D eigenvalue weighted by molar-refractivity contribution is 0.581. The van der Waals surface area contributed by atoms with Crippen LogP contribution < -0.4 is 10.4 Å². The van der Waals surface area contributed by atoms with Crippen LogP contribution in [0.15, 0.2) is 52.2 Å². The molecule has 0 aliphatic carbocycles. The Morgan fingerprint density at radius 3 is 2.38 bits per heavy atom. The van der Waals surface area contributed by atoms with Crippen molar-refractivity contribution < 1.29 is 8.42 Å². The van der Waals surface area contributed by atoms with Gasteiger partial charge in [-0.25, -0.2) is 17.9 Å². The molecule has 3 rings (SSSR count). The van der Waals surface area contributed by atoms with Crippen LogP contribution >= 0.6 is 0 Å². The van der Waals surface area contributed by atoms with Crippen molar-refractivity contribution in [1.29, 1.82) is 0 Å². The van der Waals surface area contributed by atoms with Crippen LogP contribution in [0.3, 0.4) is 0 Å². The van der Waals surface area contributed by atoms with Gasteiger partial charge in [-0.3, -0.25) is 9.13 Å². The van der Waals surface area contributed by atoms with Gasteiger partial charge in [0.1, 0.15) is 0 Å². The Morgan fingerprint density at radius 1 is 1.00 bits per heavy atom. The summed E-state index contributed by atoms with van der Waals surface area (Å²) in [6.45, 7) is 2.16. The predicted molar refractivity (Wildman–Crippen MR) is 93.4 cm³/mol. The van der Waals surface area contributed by atoms with Gasteiger partial charge < -0.3 is 0 Å². The standard InChI is InChI=1S/C17H19N3O3S/c1-12-6-4-5-7-13(12)11-18-24(22,23)14-8-9-15-16(10-14)20(3)17(21)19(15)2/h4-10,18H,11H2,1-3H3. The lowest BCUT2D eigenvalue weighted by Crippen LogP contribution is -2.23. The first-order valence-electron chi connectivity index (χ1n) is 7.51. The minimum atomic E-state index is -3.66. The van der Waals surface area contributed by atoms with Crippen LogP contribution in [0.5, 0.6) is 0 Å². The second kappa shape index (κ2) is 5.92. The van der Waals surface area contributed by atoms with Gasteiger partial charge in [-0.15, -0.1) is 0 Å². The average Bonchev–Trinajstić information content (AvgIpc) is 2.78. The number of hydrogen-bond acceptors (Lipinski definition) is 3. The SMILES string of the molecule is Cc1ccccc1CNS(=O)(=O)c1ccc2c(c1)n(C)c(=O)n2C. The largest absolute Gasteiger partial charge is 0.328 e. The highest BCUT2D eigenvalue weighted by Crippen LogP contribution is 2.18. The lowest BCUT2D eigenvalue weighted by atomic mass is 10.1. The maximum absolute atomic E-state index is 12.6. The molecule has 0 aliphatic rings. The van der Waals surface area contributed by atoms with E-state index in [0.717, 1.165) is 11.1 Å². The number of nitrogens with one attached hydrogen (secondary N) is 1. The van der Waals surface area contributed by atoms with Gasteiger partial charge in [-0.2, -0.15) is 0 Å². The van der Waals surface area contributed by atoms with E-state index in [-0.39, 0.29) is 17.1 Å². The molecular formula is C17H19N3O3S. The monoisotopic (exact) mass is 345 g/mol. The molecule has 0 amide bonds. The normalized spacial score (nSPS) is 12.0. The van der Waals surface area contributed by atoms with Gasteiger partial charge in [0.05, 0.1) is 15.9 Å². The summed E-state index contributed by atoms with van der Waals surface area (Å²) < 4.78 is 30.7. The molecule has 0 saturated carbocycles. The third kappa shape index (κ3) is 2.76. The Kier molecular flexibility index (Phi) is 4.06. The first kappa shape index (κ1) is 16.5. The van der Waals surface area contributed by atoms with Crippen LogP contribution in [0.25, 0.3) is 11.0 Å². The number of imidazole rings is 1. The minimum Gasteiger partial charge on any atom is -0.295 e. The predicted octanol–water partition coefficient (Wildman–Crippen LogP) is 1.66. The van der Waals surface area contributed by atoms with Gasteiger partial charge in [-0.1, -0.05) is 24.3 Å². The highest BCUT2D eigenvalue weighted by Gasteiger charge is 2.17. The molecule has 24 heavy (non-hydrogen) atoms. The van der Waals surface area contributed by atoms with E-state index in [0.29, 0.717) is 11.0 Å². The maximum Gasteiger partial charge on any atom is 0.328 e. The fourth-order valence-corrected chi connectivity index (χ4v) is 3.74. The third-order valence-corrected chi connectivity index (χ3v) is 5.67. The average molecular weight is 345 g/mol. The van der Waals surface area contributed by atoms with E-state index in [1.807, 2.05) is 31.2 Å². The topological polar surface area (TPSA) is 73.1 Å². The zero-order chi connectivity index (χ0) is 17.5. The van der Waals surface area contributed by atoms with E-state index in [2.05, 4.69) is 4.72 Å². The van der Waals surface area contributed by atoms with Gasteiger partial charge in [0.15, 0.2) is 0 Å². The molecule has 1 aromatic heterocycles. The molecular weight excluding hydrogens is 326 g/mol. The van der Waals surface area contributed by atoms with Crippen molar-refractivity contribution in [3.63, 3.8) is 0 Å². The van der Waals surface area contributed by atoms with E-state index < -0.39 is 10.0 Å². The van der Waals surface area contributed by atoms with Crippen LogP contribution in [-0.2, 0) is 30.7 Å². The molecule has 1 N–H and O–H groups in total. The van der Waals surface area contributed by atoms with Gasteiger partial charge in [0.25, 0.3) is 0 Å². The molecule has 0 aliphatic heterocycles. The minimum absolute atomic E-state index is 0.143. The van der Waals surface area contributed by atoms with Crippen molar-refractivity contribution in [1.82, 2.24) is 13.9 Å². The quantitative estimate of drug-likeness (QED) is 0.782. The van der Waals surface area contributed by atoms with Crippen LogP contribution in [0.1, 0.15) is 11.1 Å². The van der Waals surface area contributed by atoms with Gasteiger partial charge in [0, 0.05) is 20.6 Å². The van der Waals surface area contributed by atoms with Crippen molar-refractivity contribution in [2.24, 2.45) is 14.1 Å². The number of benzene rings is 2. The highest BCUT2D eigenvalue weighted by molar-refractivity contribution is 7.89. The molecule has 1 heterocycles. The molecule has 0 spiro atoms. The molecule has 0 saturated heterocycles. The summed E-state index contributed by atoms with van der Waals surface area (Å²) in [5.74, 6) is 0. The first-order valence-corrected chi connectivity index (χ1v) is 8.99. The third-order valence-electron chi connectivity index (χ3n) is 4.27. The summed E-state index contributed by atoms with van der Waals surface area (Å²) in [4.78, 5) is 12.1.